The summed E-state index contributed by atoms with van der Waals surface area (Å²) in [6.45, 7) is 4.66. The molecule has 0 aromatic heterocycles. The van der Waals surface area contributed by atoms with Crippen molar-refractivity contribution in [1.29, 1.82) is 0 Å². The molecular weight excluding hydrogens is 398 g/mol. The van der Waals surface area contributed by atoms with Gasteiger partial charge >= 0.3 is 0 Å². The van der Waals surface area contributed by atoms with Gasteiger partial charge < -0.3 is 4.90 Å². The van der Waals surface area contributed by atoms with E-state index in [9.17, 15) is 14.4 Å². The maximum Gasteiger partial charge on any atom is 0.227 e. The highest BCUT2D eigenvalue weighted by molar-refractivity contribution is 6.30. The Morgan fingerprint density at radius 3 is 2.70 bits per heavy atom. The number of piperidine rings is 1. The van der Waals surface area contributed by atoms with E-state index in [1.165, 1.54) is 0 Å². The molecule has 0 radical (unpaired) electrons. The number of Topliss-reactive ketones (excluding diaryl/α,β-unsaturated/α-hetero) is 2. The van der Waals surface area contributed by atoms with E-state index in [2.05, 4.69) is 13.0 Å². The van der Waals surface area contributed by atoms with Gasteiger partial charge in [0.25, 0.3) is 0 Å². The van der Waals surface area contributed by atoms with Crippen LogP contribution >= 0.6 is 11.6 Å². The number of rotatable bonds is 2. The lowest BCUT2D eigenvalue weighted by molar-refractivity contribution is -0.152. The Hall–Kier alpha value is -1.94. The summed E-state index contributed by atoms with van der Waals surface area (Å²) in [5.74, 6) is 0.983. The zero-order chi connectivity index (χ0) is 21.3. The van der Waals surface area contributed by atoms with E-state index in [0.29, 0.717) is 37.3 Å². The van der Waals surface area contributed by atoms with E-state index in [1.54, 1.807) is 0 Å². The van der Waals surface area contributed by atoms with Gasteiger partial charge in [-0.25, -0.2) is 0 Å². The van der Waals surface area contributed by atoms with Crippen LogP contribution in [0.15, 0.2) is 36.0 Å². The Bertz CT molecular complexity index is 984. The lowest BCUT2D eigenvalue weighted by Crippen LogP contribution is -2.57. The van der Waals surface area contributed by atoms with E-state index in [1.807, 2.05) is 36.1 Å². The van der Waals surface area contributed by atoms with Gasteiger partial charge in [0.05, 0.1) is 6.54 Å². The zero-order valence-corrected chi connectivity index (χ0v) is 18.4. The number of benzene rings is 1. The van der Waals surface area contributed by atoms with Gasteiger partial charge in [-0.2, -0.15) is 0 Å². The monoisotopic (exact) mass is 425 g/mol. The summed E-state index contributed by atoms with van der Waals surface area (Å²) in [5.41, 5.74) is 1.16. The Morgan fingerprint density at radius 1 is 1.13 bits per heavy atom. The van der Waals surface area contributed by atoms with Gasteiger partial charge in [-0.15, -0.1) is 0 Å². The highest BCUT2D eigenvalue weighted by Gasteiger charge is 2.62. The molecular formula is C25H28ClNO3. The number of amides is 1. The summed E-state index contributed by atoms with van der Waals surface area (Å²) in [4.78, 5) is 40.9. The number of ketones is 2. The maximum atomic E-state index is 13.5. The second kappa shape index (κ2) is 6.78. The average Bonchev–Trinajstić information content (AvgIpc) is 2.98. The first-order chi connectivity index (χ1) is 14.2. The van der Waals surface area contributed by atoms with Gasteiger partial charge in [0, 0.05) is 46.7 Å². The Balaban J connectivity index is 1.53. The first kappa shape index (κ1) is 20.0. The smallest absolute Gasteiger partial charge is 0.227 e. The van der Waals surface area contributed by atoms with E-state index in [0.717, 1.165) is 24.1 Å². The molecule has 1 aromatic rings. The van der Waals surface area contributed by atoms with Crippen molar-refractivity contribution in [3.63, 3.8) is 0 Å². The minimum Gasteiger partial charge on any atom is -0.312 e. The summed E-state index contributed by atoms with van der Waals surface area (Å²) in [5, 5.41) is 0.657. The van der Waals surface area contributed by atoms with Crippen molar-refractivity contribution in [2.45, 2.75) is 58.9 Å². The van der Waals surface area contributed by atoms with Gasteiger partial charge in [0.1, 0.15) is 11.6 Å². The molecule has 158 valence electrons. The van der Waals surface area contributed by atoms with Crippen molar-refractivity contribution >= 4 is 29.1 Å². The minimum absolute atomic E-state index is 0.101. The Kier molecular flexibility index (Phi) is 4.52. The summed E-state index contributed by atoms with van der Waals surface area (Å²) in [6.07, 6.45) is 5.99. The normalized spacial score (nSPS) is 38.1. The van der Waals surface area contributed by atoms with Gasteiger partial charge in [0.15, 0.2) is 0 Å². The number of allylic oxidation sites excluding steroid dienone is 2. The molecule has 1 aromatic carbocycles. The van der Waals surface area contributed by atoms with Crippen molar-refractivity contribution in [3.05, 3.63) is 46.6 Å². The molecule has 1 aliphatic heterocycles. The zero-order valence-electron chi connectivity index (χ0n) is 17.6. The van der Waals surface area contributed by atoms with Gasteiger partial charge in [-0.05, 0) is 48.8 Å². The third-order valence-corrected chi connectivity index (χ3v) is 8.74. The number of carbonyl (C=O) groups is 3. The second-order valence-corrected chi connectivity index (χ2v) is 10.6. The quantitative estimate of drug-likeness (QED) is 0.673. The lowest BCUT2D eigenvalue weighted by atomic mass is 9.49. The first-order valence-electron chi connectivity index (χ1n) is 11.1. The van der Waals surface area contributed by atoms with Crippen LogP contribution in [0.25, 0.3) is 0 Å². The lowest BCUT2D eigenvalue weighted by Gasteiger charge is -2.56. The van der Waals surface area contributed by atoms with Crippen LogP contribution in [0.1, 0.15) is 57.9 Å². The SMILES string of the molecule is C[C@]12CCC(=O)N(Cc3cccc(Cl)c3)C1=CCC1[C@@H]2C(=O)C[C@]2(C)C(=O)CC[C@@H]12. The molecule has 1 heterocycles. The van der Waals surface area contributed by atoms with Crippen molar-refractivity contribution < 1.29 is 14.4 Å². The fourth-order valence-electron chi connectivity index (χ4n) is 7.05. The number of nitrogens with zero attached hydrogens (tertiary/aromatic N) is 1. The molecule has 0 bridgehead atoms. The number of fused-ring (bicyclic) bond motifs is 5. The second-order valence-electron chi connectivity index (χ2n) is 10.1. The van der Waals surface area contributed by atoms with E-state index in [-0.39, 0.29) is 40.6 Å². The molecule has 5 rings (SSSR count). The highest BCUT2D eigenvalue weighted by atomic mass is 35.5. The van der Waals surface area contributed by atoms with Crippen LogP contribution < -0.4 is 0 Å². The number of halogens is 1. The topological polar surface area (TPSA) is 54.5 Å². The predicted octanol–water partition coefficient (Wildman–Crippen LogP) is 4.95. The van der Waals surface area contributed by atoms with Crippen molar-refractivity contribution in [1.82, 2.24) is 4.90 Å². The molecule has 3 fully saturated rings. The first-order valence-corrected chi connectivity index (χ1v) is 11.4. The van der Waals surface area contributed by atoms with Crippen LogP contribution in [0.2, 0.25) is 5.02 Å². The number of carbonyl (C=O) groups excluding carboxylic acids is 3. The maximum absolute atomic E-state index is 13.5. The molecule has 3 aliphatic carbocycles. The molecule has 30 heavy (non-hydrogen) atoms. The van der Waals surface area contributed by atoms with Crippen LogP contribution in [-0.2, 0) is 20.9 Å². The third kappa shape index (κ3) is 2.76. The summed E-state index contributed by atoms with van der Waals surface area (Å²) < 4.78 is 0. The number of likely N-dealkylation sites (tertiary alicyclic amines) is 1. The van der Waals surface area contributed by atoms with E-state index < -0.39 is 5.41 Å². The van der Waals surface area contributed by atoms with Gasteiger partial charge in [0.2, 0.25) is 5.91 Å². The predicted molar refractivity (Wildman–Crippen MR) is 114 cm³/mol. The molecule has 4 nitrogen and oxygen atoms in total. The van der Waals surface area contributed by atoms with Crippen LogP contribution in [0.4, 0.5) is 0 Å². The minimum atomic E-state index is -0.481. The largest absolute Gasteiger partial charge is 0.312 e. The fourth-order valence-corrected chi connectivity index (χ4v) is 7.27. The highest BCUT2D eigenvalue weighted by Crippen LogP contribution is 2.62. The van der Waals surface area contributed by atoms with Gasteiger partial charge in [-0.3, -0.25) is 14.4 Å². The molecule has 1 saturated heterocycles. The van der Waals surface area contributed by atoms with Crippen LogP contribution in [-0.4, -0.2) is 22.4 Å². The number of hydrogen-bond donors (Lipinski definition) is 0. The molecule has 5 atom stereocenters. The molecule has 4 aliphatic rings. The standard InChI is InChI=1S/C25H28ClNO3/c1-24-11-10-22(30)27(14-15-4-3-5-16(26)12-15)20(24)8-6-17-18-7-9-21(29)25(18,2)13-19(28)23(17)24/h3-5,8,12,17-18,23H,6-7,9-11,13-14H2,1-2H3/t17?,18-,23+,24-,25-/m0/s1. The van der Waals surface area contributed by atoms with Crippen molar-refractivity contribution in [2.24, 2.45) is 28.6 Å². The molecule has 5 heteroatoms. The summed E-state index contributed by atoms with van der Waals surface area (Å²) in [7, 11) is 0. The average molecular weight is 426 g/mol. The molecule has 0 spiro atoms. The Morgan fingerprint density at radius 2 is 1.93 bits per heavy atom. The molecule has 1 unspecified atom stereocenters. The Labute approximate surface area is 182 Å². The van der Waals surface area contributed by atoms with Crippen molar-refractivity contribution in [2.75, 3.05) is 0 Å². The third-order valence-electron chi connectivity index (χ3n) is 8.51. The molecule has 2 saturated carbocycles. The molecule has 0 N–H and O–H groups in total. The van der Waals surface area contributed by atoms with Gasteiger partial charge in [-0.1, -0.05) is 43.7 Å². The van der Waals surface area contributed by atoms with Crippen LogP contribution in [0.3, 0.4) is 0 Å². The van der Waals surface area contributed by atoms with Crippen LogP contribution in [0, 0.1) is 28.6 Å². The van der Waals surface area contributed by atoms with E-state index in [4.69, 9.17) is 11.6 Å². The fraction of sp³-hybridized carbons (Fsp3) is 0.560. The molecule has 1 amide bonds. The van der Waals surface area contributed by atoms with E-state index >= 15 is 0 Å². The summed E-state index contributed by atoms with van der Waals surface area (Å²) >= 11 is 6.16. The van der Waals surface area contributed by atoms with Crippen LogP contribution in [0.5, 0.6) is 0 Å². The summed E-state index contributed by atoms with van der Waals surface area (Å²) in [6, 6.07) is 7.62. The number of hydrogen-bond acceptors (Lipinski definition) is 3. The van der Waals surface area contributed by atoms with Crippen molar-refractivity contribution in [3.8, 4) is 0 Å².